The van der Waals surface area contributed by atoms with Crippen LogP contribution in [0, 0.1) is 0 Å². The third-order valence-corrected chi connectivity index (χ3v) is 4.44. The average molecular weight is 313 g/mol. The highest BCUT2D eigenvalue weighted by Gasteiger charge is 2.48. The number of amidine groups is 1. The Morgan fingerprint density at radius 1 is 1.05 bits per heavy atom. The number of quaternary nitrogens is 1. The molecule has 5 nitrogen and oxygen atoms in total. The Bertz CT molecular complexity index is 331. The van der Waals surface area contributed by atoms with Crippen LogP contribution in [0.4, 0.5) is 0 Å². The van der Waals surface area contributed by atoms with E-state index in [1.807, 2.05) is 0 Å². The molecule has 5 heteroatoms. The zero-order valence-electron chi connectivity index (χ0n) is 15.5. The number of rotatable bonds is 12. The lowest BCUT2D eigenvalue weighted by atomic mass is 10.2. The Morgan fingerprint density at radius 3 is 2.32 bits per heavy atom. The third-order valence-electron chi connectivity index (χ3n) is 4.44. The van der Waals surface area contributed by atoms with Crippen LogP contribution in [0.2, 0.25) is 0 Å². The molecule has 0 aromatic carbocycles. The number of nitrogens with one attached hydrogen (secondary N) is 2. The second-order valence-corrected chi connectivity index (χ2v) is 6.29. The molecule has 2 unspecified atom stereocenters. The summed E-state index contributed by atoms with van der Waals surface area (Å²) in [6, 6.07) is 0. The lowest BCUT2D eigenvalue weighted by Gasteiger charge is -2.36. The molecule has 1 rings (SSSR count). The van der Waals surface area contributed by atoms with Crippen molar-refractivity contribution in [3.8, 4) is 0 Å². The molecule has 0 aromatic rings. The topological polar surface area (TPSA) is 39.7 Å². The fourth-order valence-electron chi connectivity index (χ4n) is 3.16. The molecule has 0 bridgehead atoms. The van der Waals surface area contributed by atoms with Crippen LogP contribution >= 0.6 is 0 Å². The van der Waals surface area contributed by atoms with E-state index in [1.54, 1.807) is 0 Å². The molecule has 0 fully saturated rings. The van der Waals surface area contributed by atoms with Gasteiger partial charge in [0.25, 0.3) is 0 Å². The van der Waals surface area contributed by atoms with E-state index >= 15 is 0 Å². The van der Waals surface area contributed by atoms with Gasteiger partial charge in [-0.25, -0.2) is 10.4 Å². The predicted octanol–water partition coefficient (Wildman–Crippen LogP) is 3.60. The molecule has 0 saturated carbocycles. The van der Waals surface area contributed by atoms with Crippen molar-refractivity contribution in [1.29, 1.82) is 0 Å². The molecule has 1 heterocycles. The first-order valence-electron chi connectivity index (χ1n) is 9.37. The maximum atomic E-state index is 5.13. The first-order valence-corrected chi connectivity index (χ1v) is 9.37. The number of hydrogen-bond acceptors (Lipinski definition) is 4. The van der Waals surface area contributed by atoms with E-state index in [1.165, 1.54) is 37.9 Å². The molecule has 2 atom stereocenters. The van der Waals surface area contributed by atoms with Crippen LogP contribution in [0.3, 0.4) is 0 Å². The van der Waals surface area contributed by atoms with Crippen molar-refractivity contribution in [1.82, 2.24) is 15.9 Å². The van der Waals surface area contributed by atoms with Crippen molar-refractivity contribution in [2.75, 3.05) is 20.1 Å². The van der Waals surface area contributed by atoms with Gasteiger partial charge in [0.2, 0.25) is 6.17 Å². The summed E-state index contributed by atoms with van der Waals surface area (Å²) in [5.41, 5.74) is 7.19. The molecule has 0 aliphatic carbocycles. The van der Waals surface area contributed by atoms with E-state index < -0.39 is 0 Å². The maximum Gasteiger partial charge on any atom is 0.221 e. The van der Waals surface area contributed by atoms with E-state index in [-0.39, 0.29) is 0 Å². The first-order chi connectivity index (χ1) is 10.7. The van der Waals surface area contributed by atoms with E-state index in [9.17, 15) is 0 Å². The second-order valence-electron chi connectivity index (χ2n) is 6.29. The fourth-order valence-corrected chi connectivity index (χ4v) is 3.16. The largest absolute Gasteiger partial charge is 0.234 e. The van der Waals surface area contributed by atoms with Crippen LogP contribution < -0.4 is 10.9 Å². The summed E-state index contributed by atoms with van der Waals surface area (Å²) in [4.78, 5) is 0. The van der Waals surface area contributed by atoms with Crippen molar-refractivity contribution >= 4 is 5.84 Å². The van der Waals surface area contributed by atoms with Gasteiger partial charge in [0.15, 0.2) is 5.84 Å². The molecular weight excluding hydrogens is 274 g/mol. The van der Waals surface area contributed by atoms with Gasteiger partial charge in [-0.2, -0.15) is 0 Å². The summed E-state index contributed by atoms with van der Waals surface area (Å²) >= 11 is 0. The van der Waals surface area contributed by atoms with Crippen molar-refractivity contribution in [3.63, 3.8) is 0 Å². The zero-order valence-corrected chi connectivity index (χ0v) is 15.5. The predicted molar refractivity (Wildman–Crippen MR) is 94.9 cm³/mol. The van der Waals surface area contributed by atoms with Gasteiger partial charge in [0.1, 0.15) is 6.54 Å². The molecule has 1 aliphatic heterocycles. The lowest BCUT2D eigenvalue weighted by Crippen LogP contribution is -2.63. The Hall–Kier alpha value is -0.650. The van der Waals surface area contributed by atoms with Gasteiger partial charge >= 0.3 is 0 Å². The lowest BCUT2D eigenvalue weighted by molar-refractivity contribution is -0.998. The zero-order chi connectivity index (χ0) is 16.4. The fraction of sp³-hybridized carbons (Fsp3) is 0.941. The van der Waals surface area contributed by atoms with Gasteiger partial charge in [-0.3, -0.25) is 0 Å². The smallest absolute Gasteiger partial charge is 0.221 e. The van der Waals surface area contributed by atoms with Gasteiger partial charge in [0.05, 0.1) is 0 Å². The quantitative estimate of drug-likeness (QED) is 0.427. The molecule has 22 heavy (non-hydrogen) atoms. The first kappa shape index (κ1) is 19.4. The van der Waals surface area contributed by atoms with E-state index in [0.29, 0.717) is 10.9 Å². The SMILES string of the molecule is CCCCNN1C(CCC)=N[N+](CCCC)(NC)C1CCC. The number of hydrazine groups is 1. The van der Waals surface area contributed by atoms with Gasteiger partial charge in [-0.15, -0.1) is 10.1 Å². The monoisotopic (exact) mass is 312 g/mol. The third kappa shape index (κ3) is 4.67. The van der Waals surface area contributed by atoms with Gasteiger partial charge in [-0.1, -0.05) is 40.5 Å². The summed E-state index contributed by atoms with van der Waals surface area (Å²) in [5, 5.41) is 7.52. The summed E-state index contributed by atoms with van der Waals surface area (Å²) in [6.45, 7) is 11.1. The second kappa shape index (κ2) is 10.2. The molecule has 1 aliphatic rings. The summed E-state index contributed by atoms with van der Waals surface area (Å²) in [7, 11) is 2.06. The summed E-state index contributed by atoms with van der Waals surface area (Å²) in [6.07, 6.45) is 9.74. The molecule has 130 valence electrons. The molecule has 0 saturated heterocycles. The van der Waals surface area contributed by atoms with Crippen LogP contribution in [0.5, 0.6) is 0 Å². The van der Waals surface area contributed by atoms with Crippen molar-refractivity contribution in [2.45, 2.75) is 85.2 Å². The highest BCUT2D eigenvalue weighted by Crippen LogP contribution is 2.28. The van der Waals surface area contributed by atoms with Gasteiger partial charge < -0.3 is 0 Å². The Morgan fingerprint density at radius 2 is 1.77 bits per heavy atom. The van der Waals surface area contributed by atoms with Crippen molar-refractivity contribution in [2.24, 2.45) is 5.10 Å². The Balaban J connectivity index is 2.97. The minimum Gasteiger partial charge on any atom is -0.234 e. The minimum absolute atomic E-state index is 0.375. The Kier molecular flexibility index (Phi) is 8.98. The standard InChI is InChI=1S/C17H38N5/c1-6-10-14-19-21-16(12-8-3)20-22(18-5,15-11-7-2)17(21)13-9-4/h17-19H,6-15H2,1-5H3/q+1. The molecule has 0 amide bonds. The molecule has 0 radical (unpaired) electrons. The van der Waals surface area contributed by atoms with Crippen LogP contribution in [0.1, 0.15) is 79.1 Å². The van der Waals surface area contributed by atoms with Gasteiger partial charge in [-0.05, 0) is 24.4 Å². The van der Waals surface area contributed by atoms with Crippen molar-refractivity contribution < 1.29 is 4.70 Å². The van der Waals surface area contributed by atoms with Gasteiger partial charge in [0, 0.05) is 32.9 Å². The molecule has 0 aromatic heterocycles. The summed E-state index contributed by atoms with van der Waals surface area (Å²) < 4.78 is 0.663. The van der Waals surface area contributed by atoms with Crippen LogP contribution in [0.25, 0.3) is 0 Å². The number of hydrogen-bond donors (Lipinski definition) is 2. The van der Waals surface area contributed by atoms with E-state index in [4.69, 9.17) is 5.10 Å². The maximum absolute atomic E-state index is 5.13. The van der Waals surface area contributed by atoms with Crippen LogP contribution in [0.15, 0.2) is 5.10 Å². The molecule has 2 N–H and O–H groups in total. The number of nitrogens with zero attached hydrogens (tertiary/aromatic N) is 3. The number of unbranched alkanes of at least 4 members (excludes halogenated alkanes) is 2. The molecule has 0 spiro atoms. The normalized spacial score (nSPS) is 24.9. The average Bonchev–Trinajstić information content (AvgIpc) is 2.81. The minimum atomic E-state index is 0.375. The highest BCUT2D eigenvalue weighted by atomic mass is 15.9. The van der Waals surface area contributed by atoms with Crippen LogP contribution in [-0.2, 0) is 0 Å². The summed E-state index contributed by atoms with van der Waals surface area (Å²) in [5.74, 6) is 1.22. The van der Waals surface area contributed by atoms with Crippen LogP contribution in [-0.4, -0.2) is 41.8 Å². The highest BCUT2D eigenvalue weighted by molar-refractivity contribution is 5.82. The van der Waals surface area contributed by atoms with E-state index in [2.05, 4.69) is 50.6 Å². The van der Waals surface area contributed by atoms with E-state index in [0.717, 1.165) is 32.4 Å². The van der Waals surface area contributed by atoms with Crippen molar-refractivity contribution in [3.05, 3.63) is 0 Å². The Labute approximate surface area is 137 Å². The molecular formula is C17H38N5+.